The van der Waals surface area contributed by atoms with Gasteiger partial charge in [-0.2, -0.15) is 5.10 Å². The molecule has 2 N–H and O–H groups in total. The predicted molar refractivity (Wildman–Crippen MR) is 86.8 cm³/mol. The highest BCUT2D eigenvalue weighted by molar-refractivity contribution is 6.41. The Hall–Kier alpha value is -2.73. The molecule has 0 fully saturated rings. The van der Waals surface area contributed by atoms with Gasteiger partial charge in [-0.3, -0.25) is 9.59 Å². The Kier molecular flexibility index (Phi) is 5.43. The molecular formula is C16H13ClFN3O2. The molecule has 0 aliphatic heterocycles. The highest BCUT2D eigenvalue weighted by Crippen LogP contribution is 2.20. The fraction of sp³-hybridized carbons (Fsp3) is 0.0625. The maximum atomic E-state index is 12.8. The molecule has 0 spiro atoms. The van der Waals surface area contributed by atoms with Crippen LogP contribution in [-0.2, 0) is 9.59 Å². The van der Waals surface area contributed by atoms with E-state index < -0.39 is 11.8 Å². The molecule has 2 aromatic rings. The summed E-state index contributed by atoms with van der Waals surface area (Å²) in [6, 6.07) is 12.1. The third kappa shape index (κ3) is 4.62. The van der Waals surface area contributed by atoms with Gasteiger partial charge in [0.15, 0.2) is 0 Å². The first-order chi connectivity index (χ1) is 11.0. The summed E-state index contributed by atoms with van der Waals surface area (Å²) in [5.74, 6) is -2.20. The van der Waals surface area contributed by atoms with Gasteiger partial charge in [0.1, 0.15) is 5.82 Å². The molecule has 0 heterocycles. The van der Waals surface area contributed by atoms with Crippen molar-refractivity contribution in [3.63, 3.8) is 0 Å². The van der Waals surface area contributed by atoms with Crippen LogP contribution >= 0.6 is 11.6 Å². The molecule has 0 unspecified atom stereocenters. The zero-order chi connectivity index (χ0) is 16.8. The molecule has 0 bridgehead atoms. The molecule has 0 aromatic heterocycles. The first-order valence-corrected chi connectivity index (χ1v) is 7.01. The number of hydrazone groups is 1. The third-order valence-corrected chi connectivity index (χ3v) is 3.25. The van der Waals surface area contributed by atoms with Crippen LogP contribution < -0.4 is 10.7 Å². The van der Waals surface area contributed by atoms with Crippen LogP contribution in [0.25, 0.3) is 0 Å². The van der Waals surface area contributed by atoms with Gasteiger partial charge in [-0.25, -0.2) is 9.82 Å². The Morgan fingerprint density at radius 2 is 1.70 bits per heavy atom. The first-order valence-electron chi connectivity index (χ1n) is 6.63. The van der Waals surface area contributed by atoms with Crippen molar-refractivity contribution in [3.05, 3.63) is 64.9 Å². The maximum absolute atomic E-state index is 12.8. The number of nitrogens with zero attached hydrogens (tertiary/aromatic N) is 1. The number of halogens is 2. The molecular weight excluding hydrogens is 321 g/mol. The molecule has 118 valence electrons. The molecule has 0 radical (unpaired) electrons. The molecule has 2 rings (SSSR count). The van der Waals surface area contributed by atoms with E-state index in [4.69, 9.17) is 11.6 Å². The number of benzene rings is 2. The summed E-state index contributed by atoms with van der Waals surface area (Å²) in [6.45, 7) is 1.62. The standard InChI is InChI=1S/C16H13ClFN3O2/c1-10(11-6-8-12(18)9-7-11)20-21-16(23)15(22)19-14-5-3-2-4-13(14)17/h2-9H,1H3,(H,19,22)(H,21,23). The van der Waals surface area contributed by atoms with Gasteiger partial charge in [-0.1, -0.05) is 35.9 Å². The Balaban J connectivity index is 1.98. The van der Waals surface area contributed by atoms with E-state index in [-0.39, 0.29) is 5.82 Å². The quantitative estimate of drug-likeness (QED) is 0.515. The van der Waals surface area contributed by atoms with Crippen LogP contribution in [0.2, 0.25) is 5.02 Å². The minimum Gasteiger partial charge on any atom is -0.316 e. The number of carbonyl (C=O) groups excluding carboxylic acids is 2. The lowest BCUT2D eigenvalue weighted by Gasteiger charge is -2.06. The van der Waals surface area contributed by atoms with Crippen molar-refractivity contribution in [1.29, 1.82) is 0 Å². The molecule has 2 aromatic carbocycles. The van der Waals surface area contributed by atoms with Crippen molar-refractivity contribution >= 4 is 34.8 Å². The van der Waals surface area contributed by atoms with Gasteiger partial charge in [0.2, 0.25) is 0 Å². The molecule has 5 nitrogen and oxygen atoms in total. The van der Waals surface area contributed by atoms with Crippen LogP contribution in [-0.4, -0.2) is 17.5 Å². The van der Waals surface area contributed by atoms with Gasteiger partial charge < -0.3 is 5.32 Å². The van der Waals surface area contributed by atoms with Crippen molar-refractivity contribution < 1.29 is 14.0 Å². The van der Waals surface area contributed by atoms with E-state index in [0.717, 1.165) is 0 Å². The van der Waals surface area contributed by atoms with Gasteiger partial charge in [0.25, 0.3) is 0 Å². The minimum atomic E-state index is -0.939. The molecule has 23 heavy (non-hydrogen) atoms. The van der Waals surface area contributed by atoms with Gasteiger partial charge in [0, 0.05) is 0 Å². The number of hydrogen-bond donors (Lipinski definition) is 2. The Labute approximate surface area is 137 Å². The number of nitrogens with one attached hydrogen (secondary N) is 2. The highest BCUT2D eigenvalue weighted by atomic mass is 35.5. The summed E-state index contributed by atoms with van der Waals surface area (Å²) in [5.41, 5.74) is 3.52. The number of carbonyl (C=O) groups is 2. The number of para-hydroxylation sites is 1. The molecule has 0 aliphatic carbocycles. The summed E-state index contributed by atoms with van der Waals surface area (Å²) in [5, 5.41) is 6.51. The topological polar surface area (TPSA) is 70.6 Å². The third-order valence-electron chi connectivity index (χ3n) is 2.92. The molecule has 0 aliphatic rings. The van der Waals surface area contributed by atoms with Gasteiger partial charge in [0.05, 0.1) is 16.4 Å². The molecule has 0 saturated heterocycles. The molecule has 0 saturated carbocycles. The van der Waals surface area contributed by atoms with Gasteiger partial charge >= 0.3 is 11.8 Å². The monoisotopic (exact) mass is 333 g/mol. The first kappa shape index (κ1) is 16.6. The fourth-order valence-electron chi connectivity index (χ4n) is 1.68. The number of anilines is 1. The average molecular weight is 334 g/mol. The van der Waals surface area contributed by atoms with E-state index in [2.05, 4.69) is 15.8 Å². The van der Waals surface area contributed by atoms with Crippen molar-refractivity contribution in [2.75, 3.05) is 5.32 Å². The van der Waals surface area contributed by atoms with E-state index >= 15 is 0 Å². The van der Waals surface area contributed by atoms with E-state index in [9.17, 15) is 14.0 Å². The summed E-state index contributed by atoms with van der Waals surface area (Å²) < 4.78 is 12.8. The van der Waals surface area contributed by atoms with Crippen LogP contribution in [0.4, 0.5) is 10.1 Å². The second-order valence-corrected chi connectivity index (χ2v) is 4.99. The lowest BCUT2D eigenvalue weighted by molar-refractivity contribution is -0.136. The SMILES string of the molecule is CC(=NNC(=O)C(=O)Nc1ccccc1Cl)c1ccc(F)cc1. The fourth-order valence-corrected chi connectivity index (χ4v) is 1.87. The Bertz CT molecular complexity index is 760. The van der Waals surface area contributed by atoms with Crippen molar-refractivity contribution in [2.45, 2.75) is 6.92 Å². The number of rotatable bonds is 3. The van der Waals surface area contributed by atoms with Gasteiger partial charge in [-0.15, -0.1) is 0 Å². The Morgan fingerprint density at radius 3 is 2.35 bits per heavy atom. The van der Waals surface area contributed by atoms with Crippen LogP contribution in [0.5, 0.6) is 0 Å². The van der Waals surface area contributed by atoms with Crippen LogP contribution in [0.15, 0.2) is 53.6 Å². The van der Waals surface area contributed by atoms with Crippen molar-refractivity contribution in [3.8, 4) is 0 Å². The van der Waals surface area contributed by atoms with E-state index in [1.165, 1.54) is 24.3 Å². The number of amides is 2. The van der Waals surface area contributed by atoms with E-state index in [1.54, 1.807) is 31.2 Å². The van der Waals surface area contributed by atoms with Crippen molar-refractivity contribution in [1.82, 2.24) is 5.43 Å². The minimum absolute atomic E-state index is 0.319. The second kappa shape index (κ2) is 7.51. The van der Waals surface area contributed by atoms with Crippen LogP contribution in [0.1, 0.15) is 12.5 Å². The maximum Gasteiger partial charge on any atom is 0.329 e. The smallest absolute Gasteiger partial charge is 0.316 e. The van der Waals surface area contributed by atoms with Gasteiger partial charge in [-0.05, 0) is 36.8 Å². The Morgan fingerprint density at radius 1 is 1.04 bits per heavy atom. The summed E-state index contributed by atoms with van der Waals surface area (Å²) >= 11 is 5.89. The molecule has 2 amide bonds. The van der Waals surface area contributed by atoms with Crippen LogP contribution in [0.3, 0.4) is 0 Å². The zero-order valence-electron chi connectivity index (χ0n) is 12.1. The normalized spacial score (nSPS) is 11.0. The molecule has 7 heteroatoms. The largest absolute Gasteiger partial charge is 0.329 e. The summed E-state index contributed by atoms with van der Waals surface area (Å²) in [7, 11) is 0. The van der Waals surface area contributed by atoms with E-state index in [1.807, 2.05) is 0 Å². The summed E-state index contributed by atoms with van der Waals surface area (Å²) in [4.78, 5) is 23.5. The number of hydrogen-bond acceptors (Lipinski definition) is 3. The average Bonchev–Trinajstić information content (AvgIpc) is 2.55. The van der Waals surface area contributed by atoms with E-state index in [0.29, 0.717) is 22.0 Å². The van der Waals surface area contributed by atoms with Crippen LogP contribution in [0, 0.1) is 5.82 Å². The second-order valence-electron chi connectivity index (χ2n) is 4.58. The highest BCUT2D eigenvalue weighted by Gasteiger charge is 2.14. The predicted octanol–water partition coefficient (Wildman–Crippen LogP) is 2.96. The molecule has 0 atom stereocenters. The summed E-state index contributed by atoms with van der Waals surface area (Å²) in [6.07, 6.45) is 0. The lowest BCUT2D eigenvalue weighted by Crippen LogP contribution is -2.33. The lowest BCUT2D eigenvalue weighted by atomic mass is 10.1. The zero-order valence-corrected chi connectivity index (χ0v) is 12.9. The van der Waals surface area contributed by atoms with Crippen molar-refractivity contribution in [2.24, 2.45) is 5.10 Å².